The maximum atomic E-state index is 10.6. The molecular formula is C8H16N2O3. The SMILES string of the molecule is CN1CCC(CC(=O)O)(ON)CC1. The molecule has 1 fully saturated rings. The van der Waals surface area contributed by atoms with E-state index in [9.17, 15) is 4.79 Å². The van der Waals surface area contributed by atoms with Gasteiger partial charge in [0.15, 0.2) is 0 Å². The first kappa shape index (κ1) is 10.4. The summed E-state index contributed by atoms with van der Waals surface area (Å²) in [5, 5.41) is 8.68. The van der Waals surface area contributed by atoms with Gasteiger partial charge in [-0.1, -0.05) is 0 Å². The number of carbonyl (C=O) groups is 1. The first-order valence-electron chi connectivity index (χ1n) is 4.36. The van der Waals surface area contributed by atoms with Crippen LogP contribution in [0.1, 0.15) is 19.3 Å². The van der Waals surface area contributed by atoms with Crippen molar-refractivity contribution in [2.45, 2.75) is 24.9 Å². The van der Waals surface area contributed by atoms with Crippen LogP contribution in [0, 0.1) is 0 Å². The Balaban J connectivity index is 2.55. The quantitative estimate of drug-likeness (QED) is 0.601. The third-order valence-electron chi connectivity index (χ3n) is 2.62. The lowest BCUT2D eigenvalue weighted by atomic mass is 9.88. The first-order chi connectivity index (χ1) is 6.08. The number of aliphatic carboxylic acids is 1. The van der Waals surface area contributed by atoms with E-state index < -0.39 is 11.6 Å². The molecule has 0 saturated carbocycles. The van der Waals surface area contributed by atoms with Crippen molar-refractivity contribution in [1.29, 1.82) is 0 Å². The van der Waals surface area contributed by atoms with Crippen LogP contribution in [0.5, 0.6) is 0 Å². The molecule has 76 valence electrons. The van der Waals surface area contributed by atoms with E-state index in [0.717, 1.165) is 13.1 Å². The molecule has 0 aromatic carbocycles. The number of likely N-dealkylation sites (tertiary alicyclic amines) is 1. The molecular weight excluding hydrogens is 172 g/mol. The monoisotopic (exact) mass is 188 g/mol. The van der Waals surface area contributed by atoms with Gasteiger partial charge in [0.25, 0.3) is 0 Å². The summed E-state index contributed by atoms with van der Waals surface area (Å²) in [4.78, 5) is 17.5. The summed E-state index contributed by atoms with van der Waals surface area (Å²) in [5.41, 5.74) is -0.641. The van der Waals surface area contributed by atoms with Crippen molar-refractivity contribution < 1.29 is 14.7 Å². The number of rotatable bonds is 3. The minimum absolute atomic E-state index is 0.00264. The van der Waals surface area contributed by atoms with Crippen LogP contribution in [0.3, 0.4) is 0 Å². The van der Waals surface area contributed by atoms with Gasteiger partial charge in [0.1, 0.15) is 5.60 Å². The number of nitrogens with zero attached hydrogens (tertiary/aromatic N) is 1. The fraction of sp³-hybridized carbons (Fsp3) is 0.875. The minimum atomic E-state index is -0.852. The van der Waals surface area contributed by atoms with Gasteiger partial charge in [0.2, 0.25) is 0 Å². The van der Waals surface area contributed by atoms with Crippen LogP contribution in [0.25, 0.3) is 0 Å². The molecule has 1 aliphatic rings. The summed E-state index contributed by atoms with van der Waals surface area (Å²) in [7, 11) is 2.00. The highest BCUT2D eigenvalue weighted by molar-refractivity contribution is 5.68. The second-order valence-electron chi connectivity index (χ2n) is 3.67. The Kier molecular flexibility index (Phi) is 3.24. The molecule has 0 aliphatic carbocycles. The summed E-state index contributed by atoms with van der Waals surface area (Å²) in [6, 6.07) is 0. The van der Waals surface area contributed by atoms with E-state index >= 15 is 0 Å². The van der Waals surface area contributed by atoms with Crippen molar-refractivity contribution in [2.24, 2.45) is 5.90 Å². The molecule has 3 N–H and O–H groups in total. The zero-order valence-electron chi connectivity index (χ0n) is 7.82. The molecule has 1 rings (SSSR count). The smallest absolute Gasteiger partial charge is 0.306 e. The Hall–Kier alpha value is -0.650. The molecule has 0 aromatic rings. The largest absolute Gasteiger partial charge is 0.481 e. The standard InChI is InChI=1S/C8H16N2O3/c1-10-4-2-8(13-9,3-5-10)6-7(11)12/h2-6,9H2,1H3,(H,11,12). The van der Waals surface area contributed by atoms with Crippen LogP contribution < -0.4 is 5.90 Å². The number of carboxylic acids is 1. The summed E-state index contributed by atoms with van der Waals surface area (Å²) in [6.07, 6.45) is 1.37. The molecule has 0 aromatic heterocycles. The Bertz CT molecular complexity index is 188. The van der Waals surface area contributed by atoms with Gasteiger partial charge in [-0.25, -0.2) is 5.90 Å². The van der Waals surface area contributed by atoms with Crippen LogP contribution in [0.2, 0.25) is 0 Å². The molecule has 0 bridgehead atoms. The zero-order valence-corrected chi connectivity index (χ0v) is 7.82. The third-order valence-corrected chi connectivity index (χ3v) is 2.62. The molecule has 0 unspecified atom stereocenters. The Labute approximate surface area is 77.4 Å². The van der Waals surface area contributed by atoms with Crippen molar-refractivity contribution in [1.82, 2.24) is 4.90 Å². The average Bonchev–Trinajstić information content (AvgIpc) is 2.09. The van der Waals surface area contributed by atoms with Gasteiger partial charge in [-0.15, -0.1) is 0 Å². The van der Waals surface area contributed by atoms with Gasteiger partial charge >= 0.3 is 5.97 Å². The van der Waals surface area contributed by atoms with Crippen molar-refractivity contribution in [3.05, 3.63) is 0 Å². The van der Waals surface area contributed by atoms with E-state index in [1.165, 1.54) is 0 Å². The number of nitrogens with two attached hydrogens (primary N) is 1. The van der Waals surface area contributed by atoms with Crippen molar-refractivity contribution in [2.75, 3.05) is 20.1 Å². The fourth-order valence-corrected chi connectivity index (χ4v) is 1.64. The molecule has 0 radical (unpaired) electrons. The second-order valence-corrected chi connectivity index (χ2v) is 3.67. The van der Waals surface area contributed by atoms with Crippen molar-refractivity contribution >= 4 is 5.97 Å². The summed E-state index contributed by atoms with van der Waals surface area (Å²) in [6.45, 7) is 1.68. The lowest BCUT2D eigenvalue weighted by Crippen LogP contribution is -2.47. The van der Waals surface area contributed by atoms with Gasteiger partial charge in [-0.2, -0.15) is 0 Å². The van der Waals surface area contributed by atoms with E-state index in [1.807, 2.05) is 7.05 Å². The van der Waals surface area contributed by atoms with Crippen LogP contribution in [0.4, 0.5) is 0 Å². The highest BCUT2D eigenvalue weighted by atomic mass is 16.6. The molecule has 13 heavy (non-hydrogen) atoms. The molecule has 0 atom stereocenters. The number of hydrogen-bond donors (Lipinski definition) is 2. The number of piperidine rings is 1. The number of carboxylic acid groups (broad SMARTS) is 1. The lowest BCUT2D eigenvalue weighted by molar-refractivity contribution is -0.150. The molecule has 1 aliphatic heterocycles. The first-order valence-corrected chi connectivity index (χ1v) is 4.36. The van der Waals surface area contributed by atoms with Crippen LogP contribution in [-0.2, 0) is 9.63 Å². The topological polar surface area (TPSA) is 75.8 Å². The normalized spacial score (nSPS) is 22.9. The van der Waals surface area contributed by atoms with Crippen molar-refractivity contribution in [3.8, 4) is 0 Å². The predicted octanol–water partition coefficient (Wildman–Crippen LogP) is -0.184. The van der Waals surface area contributed by atoms with Crippen molar-refractivity contribution in [3.63, 3.8) is 0 Å². The molecule has 5 heteroatoms. The number of hydrogen-bond acceptors (Lipinski definition) is 4. The van der Waals surface area contributed by atoms with Gasteiger partial charge in [-0.05, 0) is 19.9 Å². The summed E-state index contributed by atoms with van der Waals surface area (Å²) >= 11 is 0. The van der Waals surface area contributed by atoms with E-state index in [0.29, 0.717) is 12.8 Å². The van der Waals surface area contributed by atoms with E-state index in [1.54, 1.807) is 0 Å². The van der Waals surface area contributed by atoms with E-state index in [4.69, 9.17) is 15.8 Å². The maximum absolute atomic E-state index is 10.6. The minimum Gasteiger partial charge on any atom is -0.481 e. The summed E-state index contributed by atoms with van der Waals surface area (Å²) in [5.74, 6) is 4.30. The fourth-order valence-electron chi connectivity index (χ4n) is 1.64. The maximum Gasteiger partial charge on any atom is 0.306 e. The third kappa shape index (κ3) is 2.65. The van der Waals surface area contributed by atoms with Crippen LogP contribution >= 0.6 is 0 Å². The Morgan fingerprint density at radius 2 is 2.15 bits per heavy atom. The van der Waals surface area contributed by atoms with Crippen LogP contribution in [-0.4, -0.2) is 41.7 Å². The zero-order chi connectivity index (χ0) is 9.90. The van der Waals surface area contributed by atoms with Gasteiger partial charge < -0.3 is 10.0 Å². The molecule has 1 heterocycles. The van der Waals surface area contributed by atoms with E-state index in [-0.39, 0.29) is 6.42 Å². The molecule has 5 nitrogen and oxygen atoms in total. The Morgan fingerprint density at radius 1 is 1.62 bits per heavy atom. The highest BCUT2D eigenvalue weighted by Crippen LogP contribution is 2.27. The average molecular weight is 188 g/mol. The van der Waals surface area contributed by atoms with E-state index in [2.05, 4.69) is 4.90 Å². The lowest BCUT2D eigenvalue weighted by Gasteiger charge is -2.37. The van der Waals surface area contributed by atoms with Gasteiger partial charge in [0, 0.05) is 13.1 Å². The summed E-state index contributed by atoms with van der Waals surface area (Å²) < 4.78 is 0. The highest BCUT2D eigenvalue weighted by Gasteiger charge is 2.36. The van der Waals surface area contributed by atoms with Gasteiger partial charge in [0.05, 0.1) is 6.42 Å². The predicted molar refractivity (Wildman–Crippen MR) is 47.0 cm³/mol. The molecule has 0 amide bonds. The Morgan fingerprint density at radius 3 is 2.54 bits per heavy atom. The molecule has 0 spiro atoms. The second kappa shape index (κ2) is 4.04. The molecule has 1 saturated heterocycles. The van der Waals surface area contributed by atoms with Gasteiger partial charge in [-0.3, -0.25) is 9.63 Å². The van der Waals surface area contributed by atoms with Crippen LogP contribution in [0.15, 0.2) is 0 Å².